The summed E-state index contributed by atoms with van der Waals surface area (Å²) in [4.78, 5) is 33.2. The number of carbonyl (C=O) groups excluding carboxylic acids is 1. The molecule has 9 heteroatoms. The Morgan fingerprint density at radius 1 is 1.22 bits per heavy atom. The summed E-state index contributed by atoms with van der Waals surface area (Å²) in [6.07, 6.45) is 5.17. The topological polar surface area (TPSA) is 74.8 Å². The molecule has 1 aliphatic heterocycles. The predicted molar refractivity (Wildman–Crippen MR) is 167 cm³/mol. The number of nitrogens with zero attached hydrogens (tertiary/aromatic N) is 3. The maximum Gasteiger partial charge on any atom is 0.338 e. The molecule has 212 valence electrons. The molecule has 1 atom stereocenters. The molecule has 0 amide bonds. The standard InChI is InChI=1S/C32H32BrN3O4S/c1-6-11-24-28(31(38)40-8-3)29(23-17-20(33)14-15-26(23)39-5)36-30(37)27(41-32(36)34-24)18-22-19(4)35(16-7-2)25-13-10-9-12-21(22)25/h7,9-10,12-15,17-18,29H,2,6,8,11,16H2,1,3-5H3/b27-18+/t29-/m0/s1. The van der Waals surface area contributed by atoms with Crippen molar-refractivity contribution in [3.63, 3.8) is 0 Å². The molecule has 0 fully saturated rings. The molecule has 7 nitrogen and oxygen atoms in total. The maximum atomic E-state index is 14.3. The second kappa shape index (κ2) is 12.0. The average Bonchev–Trinajstić information content (AvgIpc) is 3.41. The van der Waals surface area contributed by atoms with Gasteiger partial charge in [-0.3, -0.25) is 9.36 Å². The number of hydrogen-bond donors (Lipinski definition) is 0. The minimum Gasteiger partial charge on any atom is -0.496 e. The Labute approximate surface area is 250 Å². The summed E-state index contributed by atoms with van der Waals surface area (Å²) in [5.41, 5.74) is 4.55. The molecule has 5 rings (SSSR count). The van der Waals surface area contributed by atoms with Gasteiger partial charge in [-0.2, -0.15) is 0 Å². The van der Waals surface area contributed by atoms with E-state index in [9.17, 15) is 9.59 Å². The summed E-state index contributed by atoms with van der Waals surface area (Å²) in [7, 11) is 1.58. The monoisotopic (exact) mass is 633 g/mol. The fourth-order valence-electron chi connectivity index (χ4n) is 5.47. The molecule has 41 heavy (non-hydrogen) atoms. The van der Waals surface area contributed by atoms with Gasteiger partial charge in [-0.15, -0.1) is 6.58 Å². The van der Waals surface area contributed by atoms with Crippen LogP contribution in [0.3, 0.4) is 0 Å². The predicted octanol–water partition coefficient (Wildman–Crippen LogP) is 5.80. The Morgan fingerprint density at radius 2 is 2.00 bits per heavy atom. The molecule has 0 saturated heterocycles. The lowest BCUT2D eigenvalue weighted by Gasteiger charge is -2.27. The average molecular weight is 635 g/mol. The quantitative estimate of drug-likeness (QED) is 0.172. The number of ether oxygens (including phenoxy) is 2. The molecule has 0 radical (unpaired) electrons. The van der Waals surface area contributed by atoms with Gasteiger partial charge in [0.2, 0.25) is 0 Å². The highest BCUT2D eigenvalue weighted by molar-refractivity contribution is 9.10. The molecule has 0 unspecified atom stereocenters. The zero-order valence-corrected chi connectivity index (χ0v) is 26.0. The van der Waals surface area contributed by atoms with E-state index in [1.807, 2.05) is 49.4 Å². The van der Waals surface area contributed by atoms with E-state index in [0.717, 1.165) is 33.1 Å². The first-order valence-corrected chi connectivity index (χ1v) is 15.2. The molecular formula is C32H32BrN3O4S. The molecule has 2 aromatic heterocycles. The smallest absolute Gasteiger partial charge is 0.338 e. The highest BCUT2D eigenvalue weighted by Crippen LogP contribution is 2.38. The zero-order valence-electron chi connectivity index (χ0n) is 23.6. The van der Waals surface area contributed by atoms with Crippen LogP contribution < -0.4 is 19.6 Å². The van der Waals surface area contributed by atoms with Gasteiger partial charge in [-0.05, 0) is 50.6 Å². The van der Waals surface area contributed by atoms with Crippen LogP contribution in [0.5, 0.6) is 5.75 Å². The van der Waals surface area contributed by atoms with Gasteiger partial charge >= 0.3 is 5.97 Å². The van der Waals surface area contributed by atoms with Crippen LogP contribution in [0, 0.1) is 6.92 Å². The Balaban J connectivity index is 1.84. The SMILES string of the molecule is C=CCn1c(C)c(/C=c2/sc3n(c2=O)[C@@H](c2cc(Br)ccc2OC)C(C(=O)OCC)=C(CCC)N=3)c2ccccc21. The van der Waals surface area contributed by atoms with E-state index in [1.54, 1.807) is 18.6 Å². The van der Waals surface area contributed by atoms with Crippen molar-refractivity contribution in [3.8, 4) is 5.75 Å². The number of methoxy groups -OCH3 is 1. The fourth-order valence-corrected chi connectivity index (χ4v) is 6.85. The number of aromatic nitrogens is 2. The largest absolute Gasteiger partial charge is 0.496 e. The summed E-state index contributed by atoms with van der Waals surface area (Å²) in [5.74, 6) is 0.0833. The van der Waals surface area contributed by atoms with Crippen LogP contribution >= 0.6 is 27.3 Å². The lowest BCUT2D eigenvalue weighted by atomic mass is 9.93. The number of halogens is 1. The molecule has 2 aromatic carbocycles. The van der Waals surface area contributed by atoms with Crippen LogP contribution in [0.4, 0.5) is 0 Å². The Bertz CT molecular complexity index is 1880. The van der Waals surface area contributed by atoms with Crippen molar-refractivity contribution in [2.75, 3.05) is 13.7 Å². The van der Waals surface area contributed by atoms with Crippen LogP contribution in [0.2, 0.25) is 0 Å². The molecular weight excluding hydrogens is 602 g/mol. The summed E-state index contributed by atoms with van der Waals surface area (Å²) in [6, 6.07) is 13.0. The highest BCUT2D eigenvalue weighted by Gasteiger charge is 2.36. The third-order valence-electron chi connectivity index (χ3n) is 7.25. The molecule has 4 aromatic rings. The lowest BCUT2D eigenvalue weighted by Crippen LogP contribution is -2.40. The molecule has 0 saturated carbocycles. The van der Waals surface area contributed by atoms with Gasteiger partial charge in [0, 0.05) is 38.7 Å². The lowest BCUT2D eigenvalue weighted by molar-refractivity contribution is -0.139. The van der Waals surface area contributed by atoms with Crippen molar-refractivity contribution in [1.82, 2.24) is 9.13 Å². The van der Waals surface area contributed by atoms with Crippen molar-refractivity contribution >= 4 is 50.2 Å². The van der Waals surface area contributed by atoms with E-state index in [0.29, 0.717) is 44.9 Å². The summed E-state index contributed by atoms with van der Waals surface area (Å²) in [5, 5.41) is 1.06. The van der Waals surface area contributed by atoms with E-state index < -0.39 is 12.0 Å². The number of para-hydroxylation sites is 1. The van der Waals surface area contributed by atoms with E-state index in [4.69, 9.17) is 14.5 Å². The second-order valence-electron chi connectivity index (χ2n) is 9.72. The van der Waals surface area contributed by atoms with Gasteiger partial charge in [0.15, 0.2) is 4.80 Å². The number of allylic oxidation sites excluding steroid dienone is 2. The van der Waals surface area contributed by atoms with E-state index >= 15 is 0 Å². The van der Waals surface area contributed by atoms with Crippen molar-refractivity contribution in [2.45, 2.75) is 46.2 Å². The van der Waals surface area contributed by atoms with Gasteiger partial charge in [0.05, 0.1) is 29.5 Å². The van der Waals surface area contributed by atoms with Crippen molar-refractivity contribution in [1.29, 1.82) is 0 Å². The van der Waals surface area contributed by atoms with Crippen LogP contribution in [0.1, 0.15) is 49.6 Å². The maximum absolute atomic E-state index is 14.3. The summed E-state index contributed by atoms with van der Waals surface area (Å²) in [6.45, 7) is 10.7. The second-order valence-corrected chi connectivity index (χ2v) is 11.6. The number of thiazole rings is 1. The first-order valence-electron chi connectivity index (χ1n) is 13.6. The Hall–Kier alpha value is -3.69. The van der Waals surface area contributed by atoms with Gasteiger partial charge < -0.3 is 14.0 Å². The zero-order chi connectivity index (χ0) is 29.3. The summed E-state index contributed by atoms with van der Waals surface area (Å²) >= 11 is 4.90. The summed E-state index contributed by atoms with van der Waals surface area (Å²) < 4.78 is 16.4. The number of benzene rings is 2. The highest BCUT2D eigenvalue weighted by atomic mass is 79.9. The molecule has 3 heterocycles. The molecule has 0 bridgehead atoms. The molecule has 0 spiro atoms. The number of rotatable bonds is 9. The van der Waals surface area contributed by atoms with Crippen molar-refractivity contribution < 1.29 is 14.3 Å². The van der Waals surface area contributed by atoms with Crippen LogP contribution in [0.15, 0.2) is 80.6 Å². The van der Waals surface area contributed by atoms with Gasteiger partial charge in [-0.25, -0.2) is 9.79 Å². The van der Waals surface area contributed by atoms with Gasteiger partial charge in [0.1, 0.15) is 11.8 Å². The van der Waals surface area contributed by atoms with Crippen molar-refractivity contribution in [2.24, 2.45) is 4.99 Å². The minimum atomic E-state index is -0.760. The first kappa shape index (κ1) is 28.8. The van der Waals surface area contributed by atoms with Crippen LogP contribution in [-0.2, 0) is 16.1 Å². The van der Waals surface area contributed by atoms with Crippen LogP contribution in [0.25, 0.3) is 17.0 Å². The third-order valence-corrected chi connectivity index (χ3v) is 8.72. The Morgan fingerprint density at radius 3 is 2.71 bits per heavy atom. The molecule has 0 N–H and O–H groups in total. The minimum absolute atomic E-state index is 0.211. The fraction of sp³-hybridized carbons (Fsp3) is 0.281. The van der Waals surface area contributed by atoms with E-state index in [-0.39, 0.29) is 12.2 Å². The third kappa shape index (κ3) is 5.13. The number of hydrogen-bond acceptors (Lipinski definition) is 6. The number of carbonyl (C=O) groups is 1. The van der Waals surface area contributed by atoms with E-state index in [1.165, 1.54) is 11.3 Å². The number of fused-ring (bicyclic) bond motifs is 2. The van der Waals surface area contributed by atoms with Gasteiger partial charge in [0.25, 0.3) is 5.56 Å². The molecule has 0 aliphatic carbocycles. The number of esters is 1. The van der Waals surface area contributed by atoms with E-state index in [2.05, 4.69) is 46.1 Å². The normalized spacial score (nSPS) is 15.1. The van der Waals surface area contributed by atoms with Crippen LogP contribution in [-0.4, -0.2) is 28.8 Å². The van der Waals surface area contributed by atoms with Gasteiger partial charge in [-0.1, -0.05) is 64.9 Å². The molecule has 1 aliphatic rings. The van der Waals surface area contributed by atoms with Crippen molar-refractivity contribution in [3.05, 3.63) is 107 Å². The Kier molecular flexibility index (Phi) is 8.47. The first-order chi connectivity index (χ1) is 19.8.